The van der Waals surface area contributed by atoms with Crippen LogP contribution in [0.2, 0.25) is 5.02 Å². The summed E-state index contributed by atoms with van der Waals surface area (Å²) in [6.07, 6.45) is 0. The molecule has 3 N–H and O–H groups in total. The molecule has 0 atom stereocenters. The SMILES string of the molecule is Nc1n[nH]c(-c2cc(Cl)ccc2I)c1-c1ccc(F)cc1. The zero-order chi connectivity index (χ0) is 15.0. The van der Waals surface area contributed by atoms with Gasteiger partial charge in [0.15, 0.2) is 5.82 Å². The van der Waals surface area contributed by atoms with Gasteiger partial charge in [0.25, 0.3) is 0 Å². The molecule has 21 heavy (non-hydrogen) atoms. The van der Waals surface area contributed by atoms with Crippen molar-refractivity contribution in [3.63, 3.8) is 0 Å². The molecule has 0 amide bonds. The smallest absolute Gasteiger partial charge is 0.153 e. The van der Waals surface area contributed by atoms with Crippen LogP contribution in [0.1, 0.15) is 0 Å². The number of nitrogens with zero attached hydrogens (tertiary/aromatic N) is 1. The lowest BCUT2D eigenvalue weighted by Gasteiger charge is -2.07. The monoisotopic (exact) mass is 413 g/mol. The molecule has 0 unspecified atom stereocenters. The zero-order valence-corrected chi connectivity index (χ0v) is 13.6. The maximum Gasteiger partial charge on any atom is 0.153 e. The Kier molecular flexibility index (Phi) is 3.86. The van der Waals surface area contributed by atoms with Gasteiger partial charge in [0.2, 0.25) is 0 Å². The van der Waals surface area contributed by atoms with E-state index in [0.29, 0.717) is 10.8 Å². The van der Waals surface area contributed by atoms with Gasteiger partial charge in [-0.1, -0.05) is 23.7 Å². The van der Waals surface area contributed by atoms with E-state index in [1.54, 1.807) is 12.1 Å². The van der Waals surface area contributed by atoms with Gasteiger partial charge in [-0.15, -0.1) is 0 Å². The van der Waals surface area contributed by atoms with Gasteiger partial charge < -0.3 is 5.73 Å². The minimum atomic E-state index is -0.292. The number of rotatable bonds is 2. The number of benzene rings is 2. The van der Waals surface area contributed by atoms with Crippen molar-refractivity contribution >= 4 is 40.0 Å². The van der Waals surface area contributed by atoms with Crippen molar-refractivity contribution in [2.75, 3.05) is 5.73 Å². The van der Waals surface area contributed by atoms with Crippen molar-refractivity contribution < 1.29 is 4.39 Å². The molecule has 0 saturated heterocycles. The van der Waals surface area contributed by atoms with Crippen molar-refractivity contribution in [1.29, 1.82) is 0 Å². The topological polar surface area (TPSA) is 54.7 Å². The first-order chi connectivity index (χ1) is 10.1. The number of aromatic amines is 1. The molecule has 106 valence electrons. The van der Waals surface area contributed by atoms with Gasteiger partial charge in [-0.2, -0.15) is 5.10 Å². The number of anilines is 1. The summed E-state index contributed by atoms with van der Waals surface area (Å²) in [4.78, 5) is 0. The molecule has 0 saturated carbocycles. The van der Waals surface area contributed by atoms with Crippen LogP contribution in [0.25, 0.3) is 22.4 Å². The van der Waals surface area contributed by atoms with Crippen molar-refractivity contribution in [2.24, 2.45) is 0 Å². The number of nitrogen functional groups attached to an aromatic ring is 1. The fourth-order valence-electron chi connectivity index (χ4n) is 2.15. The van der Waals surface area contributed by atoms with Gasteiger partial charge in [-0.05, 0) is 58.5 Å². The maximum absolute atomic E-state index is 13.1. The number of aromatic nitrogens is 2. The second-order valence-corrected chi connectivity index (χ2v) is 6.09. The summed E-state index contributed by atoms with van der Waals surface area (Å²) in [5.41, 5.74) is 9.19. The van der Waals surface area contributed by atoms with Crippen LogP contribution in [0.5, 0.6) is 0 Å². The average molecular weight is 414 g/mol. The summed E-state index contributed by atoms with van der Waals surface area (Å²) in [6.45, 7) is 0. The predicted molar refractivity (Wildman–Crippen MR) is 91.6 cm³/mol. The lowest BCUT2D eigenvalue weighted by molar-refractivity contribution is 0.628. The number of halogens is 3. The molecule has 3 nitrogen and oxygen atoms in total. The Bertz CT molecular complexity index is 799. The van der Waals surface area contributed by atoms with Crippen LogP contribution in [0.3, 0.4) is 0 Å². The second kappa shape index (κ2) is 5.65. The van der Waals surface area contributed by atoms with E-state index in [1.807, 2.05) is 18.2 Å². The molecule has 0 fully saturated rings. The molecule has 0 aliphatic heterocycles. The summed E-state index contributed by atoms with van der Waals surface area (Å²) in [6, 6.07) is 11.7. The van der Waals surface area contributed by atoms with Crippen LogP contribution in [-0.4, -0.2) is 10.2 Å². The van der Waals surface area contributed by atoms with Gasteiger partial charge in [-0.25, -0.2) is 4.39 Å². The highest BCUT2D eigenvalue weighted by Gasteiger charge is 2.17. The summed E-state index contributed by atoms with van der Waals surface area (Å²) in [5, 5.41) is 7.64. The highest BCUT2D eigenvalue weighted by atomic mass is 127. The quantitative estimate of drug-likeness (QED) is 0.597. The molecule has 2 aromatic carbocycles. The van der Waals surface area contributed by atoms with E-state index < -0.39 is 0 Å². The van der Waals surface area contributed by atoms with E-state index >= 15 is 0 Å². The third-order valence-electron chi connectivity index (χ3n) is 3.12. The largest absolute Gasteiger partial charge is 0.382 e. The highest BCUT2D eigenvalue weighted by molar-refractivity contribution is 14.1. The fraction of sp³-hybridized carbons (Fsp3) is 0. The van der Waals surface area contributed by atoms with Crippen LogP contribution in [0.4, 0.5) is 10.2 Å². The number of nitrogens with two attached hydrogens (primary N) is 1. The Balaban J connectivity index is 2.21. The minimum absolute atomic E-state index is 0.292. The van der Waals surface area contributed by atoms with Gasteiger partial charge >= 0.3 is 0 Å². The van der Waals surface area contributed by atoms with Crippen molar-refractivity contribution in [1.82, 2.24) is 10.2 Å². The van der Waals surface area contributed by atoms with Crippen LogP contribution in [0.15, 0.2) is 42.5 Å². The van der Waals surface area contributed by atoms with Gasteiger partial charge in [-0.3, -0.25) is 5.10 Å². The summed E-state index contributed by atoms with van der Waals surface area (Å²) in [5.74, 6) is 0.0760. The van der Waals surface area contributed by atoms with Crippen LogP contribution in [0, 0.1) is 9.39 Å². The van der Waals surface area contributed by atoms with Crippen molar-refractivity contribution in [2.45, 2.75) is 0 Å². The minimum Gasteiger partial charge on any atom is -0.382 e. The molecule has 0 radical (unpaired) electrons. The van der Waals surface area contributed by atoms with E-state index in [9.17, 15) is 4.39 Å². The molecular weight excluding hydrogens is 404 g/mol. The Labute approximate surface area is 139 Å². The fourth-order valence-corrected chi connectivity index (χ4v) is 2.93. The van der Waals surface area contributed by atoms with Crippen molar-refractivity contribution in [3.05, 3.63) is 56.9 Å². The molecule has 1 aromatic heterocycles. The van der Waals surface area contributed by atoms with Crippen LogP contribution in [-0.2, 0) is 0 Å². The van der Waals surface area contributed by atoms with Crippen LogP contribution >= 0.6 is 34.2 Å². The van der Waals surface area contributed by atoms with E-state index in [2.05, 4.69) is 32.8 Å². The lowest BCUT2D eigenvalue weighted by Crippen LogP contribution is -1.90. The average Bonchev–Trinajstić information content (AvgIpc) is 2.84. The Hall–Kier alpha value is -1.60. The number of hydrogen-bond acceptors (Lipinski definition) is 2. The first kappa shape index (κ1) is 14.3. The van der Waals surface area contributed by atoms with E-state index in [-0.39, 0.29) is 5.82 Å². The molecule has 6 heteroatoms. The summed E-state index contributed by atoms with van der Waals surface area (Å²) >= 11 is 8.30. The third-order valence-corrected chi connectivity index (χ3v) is 4.30. The summed E-state index contributed by atoms with van der Waals surface area (Å²) < 4.78 is 14.1. The molecule has 3 aromatic rings. The summed E-state index contributed by atoms with van der Waals surface area (Å²) in [7, 11) is 0. The molecule has 3 rings (SSSR count). The van der Waals surface area contributed by atoms with E-state index in [1.165, 1.54) is 12.1 Å². The highest BCUT2D eigenvalue weighted by Crippen LogP contribution is 2.37. The Morgan fingerprint density at radius 1 is 1.14 bits per heavy atom. The molecular formula is C15H10ClFIN3. The first-order valence-corrected chi connectivity index (χ1v) is 7.57. The van der Waals surface area contributed by atoms with E-state index in [0.717, 1.165) is 26.0 Å². The number of nitrogens with one attached hydrogen (secondary N) is 1. The molecule has 0 aliphatic rings. The van der Waals surface area contributed by atoms with Crippen molar-refractivity contribution in [3.8, 4) is 22.4 Å². The molecule has 1 heterocycles. The van der Waals surface area contributed by atoms with Gasteiger partial charge in [0, 0.05) is 14.2 Å². The maximum atomic E-state index is 13.1. The second-order valence-electron chi connectivity index (χ2n) is 4.49. The number of H-pyrrole nitrogens is 1. The third kappa shape index (κ3) is 2.75. The molecule has 0 spiro atoms. The van der Waals surface area contributed by atoms with E-state index in [4.69, 9.17) is 17.3 Å². The molecule has 0 aliphatic carbocycles. The van der Waals surface area contributed by atoms with Gasteiger partial charge in [0.05, 0.1) is 11.3 Å². The molecule has 0 bridgehead atoms. The van der Waals surface area contributed by atoms with Gasteiger partial charge in [0.1, 0.15) is 5.82 Å². The standard InChI is InChI=1S/C15H10ClFIN3/c16-9-3-6-12(18)11(7-9)14-13(15(19)21-20-14)8-1-4-10(17)5-2-8/h1-7H,(H3,19,20,21). The zero-order valence-electron chi connectivity index (χ0n) is 10.7. The predicted octanol–water partition coefficient (Wildman–Crippen LogP) is 4.72. The van der Waals surface area contributed by atoms with Crippen LogP contribution < -0.4 is 5.73 Å². The Morgan fingerprint density at radius 3 is 2.57 bits per heavy atom. The Morgan fingerprint density at radius 2 is 1.86 bits per heavy atom. The first-order valence-electron chi connectivity index (χ1n) is 6.11. The number of hydrogen-bond donors (Lipinski definition) is 2. The normalized spacial score (nSPS) is 10.8. The lowest BCUT2D eigenvalue weighted by atomic mass is 10.0.